The molecule has 0 spiro atoms. The first-order valence-corrected chi connectivity index (χ1v) is 6.70. The van der Waals surface area contributed by atoms with Crippen LogP contribution in [0.2, 0.25) is 0 Å². The lowest BCUT2D eigenvalue weighted by molar-refractivity contribution is -0.137. The smallest absolute Gasteiger partial charge is 0.416 e. The third-order valence-electron chi connectivity index (χ3n) is 3.13. The second-order valence-corrected chi connectivity index (χ2v) is 5.42. The average molecular weight is 295 g/mol. The van der Waals surface area contributed by atoms with Gasteiger partial charge in [-0.3, -0.25) is 0 Å². The van der Waals surface area contributed by atoms with E-state index in [9.17, 15) is 13.2 Å². The fourth-order valence-corrected chi connectivity index (χ4v) is 3.03. The molecule has 0 aliphatic carbocycles. The molecule has 1 aliphatic rings. The highest BCUT2D eigenvalue weighted by Gasteiger charge is 2.33. The second kappa shape index (κ2) is 4.53. The SMILES string of the molecule is N#Cc1csc(C2Cc3cc(C(F)(F)F)ccc3O2)c1. The number of ether oxygens (including phenoxy) is 1. The Bertz CT molecular complexity index is 699. The van der Waals surface area contributed by atoms with Crippen LogP contribution in [0.1, 0.15) is 27.7 Å². The molecule has 102 valence electrons. The third-order valence-corrected chi connectivity index (χ3v) is 4.15. The zero-order valence-electron chi connectivity index (χ0n) is 10.1. The number of nitriles is 1. The van der Waals surface area contributed by atoms with E-state index in [0.717, 1.165) is 17.0 Å². The van der Waals surface area contributed by atoms with Gasteiger partial charge in [-0.25, -0.2) is 0 Å². The monoisotopic (exact) mass is 295 g/mol. The van der Waals surface area contributed by atoms with Crippen LogP contribution >= 0.6 is 11.3 Å². The molecule has 2 aromatic rings. The molecule has 0 saturated carbocycles. The predicted molar refractivity (Wildman–Crippen MR) is 67.6 cm³/mol. The fourth-order valence-electron chi connectivity index (χ4n) is 2.16. The van der Waals surface area contributed by atoms with E-state index in [0.29, 0.717) is 23.3 Å². The molecule has 20 heavy (non-hydrogen) atoms. The quantitative estimate of drug-likeness (QED) is 0.785. The highest BCUT2D eigenvalue weighted by molar-refractivity contribution is 7.10. The van der Waals surface area contributed by atoms with Crippen molar-refractivity contribution < 1.29 is 17.9 Å². The number of rotatable bonds is 1. The molecule has 0 bridgehead atoms. The van der Waals surface area contributed by atoms with E-state index in [1.54, 1.807) is 11.4 Å². The van der Waals surface area contributed by atoms with Gasteiger partial charge in [0.1, 0.15) is 17.9 Å². The van der Waals surface area contributed by atoms with Crippen LogP contribution < -0.4 is 4.74 Å². The van der Waals surface area contributed by atoms with Crippen LogP contribution in [0.3, 0.4) is 0 Å². The Morgan fingerprint density at radius 1 is 1.30 bits per heavy atom. The van der Waals surface area contributed by atoms with E-state index in [1.165, 1.54) is 17.4 Å². The molecule has 0 amide bonds. The minimum Gasteiger partial charge on any atom is -0.484 e. The van der Waals surface area contributed by atoms with Gasteiger partial charge in [-0.05, 0) is 29.8 Å². The Labute approximate surface area is 117 Å². The highest BCUT2D eigenvalue weighted by atomic mass is 32.1. The maximum atomic E-state index is 12.7. The summed E-state index contributed by atoms with van der Waals surface area (Å²) >= 11 is 1.38. The molecule has 0 fully saturated rings. The maximum absolute atomic E-state index is 12.7. The van der Waals surface area contributed by atoms with Crippen LogP contribution in [0.15, 0.2) is 29.6 Å². The van der Waals surface area contributed by atoms with Crippen molar-refractivity contribution in [3.63, 3.8) is 0 Å². The summed E-state index contributed by atoms with van der Waals surface area (Å²) in [6.07, 6.45) is -4.25. The summed E-state index contributed by atoms with van der Waals surface area (Å²) < 4.78 is 43.6. The summed E-state index contributed by atoms with van der Waals surface area (Å²) in [4.78, 5) is 0.853. The molecule has 0 saturated heterocycles. The molecule has 1 aromatic carbocycles. The van der Waals surface area contributed by atoms with Gasteiger partial charge in [0.05, 0.1) is 11.1 Å². The van der Waals surface area contributed by atoms with E-state index >= 15 is 0 Å². The molecule has 1 aromatic heterocycles. The van der Waals surface area contributed by atoms with E-state index in [1.807, 2.05) is 6.07 Å². The van der Waals surface area contributed by atoms with Crippen molar-refractivity contribution in [3.8, 4) is 11.8 Å². The van der Waals surface area contributed by atoms with Gasteiger partial charge in [0.2, 0.25) is 0 Å². The van der Waals surface area contributed by atoms with Gasteiger partial charge in [0, 0.05) is 16.7 Å². The molecule has 1 atom stereocenters. The Balaban J connectivity index is 1.87. The molecule has 1 aliphatic heterocycles. The van der Waals surface area contributed by atoms with Crippen molar-refractivity contribution in [1.29, 1.82) is 5.26 Å². The van der Waals surface area contributed by atoms with Crippen molar-refractivity contribution in [2.75, 3.05) is 0 Å². The topological polar surface area (TPSA) is 33.0 Å². The first-order chi connectivity index (χ1) is 9.47. The Kier molecular flexibility index (Phi) is 2.94. The minimum atomic E-state index is -4.34. The molecular formula is C14H8F3NOS. The van der Waals surface area contributed by atoms with Crippen molar-refractivity contribution >= 4 is 11.3 Å². The number of benzene rings is 1. The molecule has 3 rings (SSSR count). The van der Waals surface area contributed by atoms with Crippen LogP contribution in [0.5, 0.6) is 5.75 Å². The van der Waals surface area contributed by atoms with Gasteiger partial charge in [0.25, 0.3) is 0 Å². The summed E-state index contributed by atoms with van der Waals surface area (Å²) in [6, 6.07) is 7.26. The largest absolute Gasteiger partial charge is 0.484 e. The third kappa shape index (κ3) is 2.25. The number of hydrogen-bond donors (Lipinski definition) is 0. The van der Waals surface area contributed by atoms with E-state index in [2.05, 4.69) is 0 Å². The molecular weight excluding hydrogens is 287 g/mol. The fraction of sp³-hybridized carbons (Fsp3) is 0.214. The van der Waals surface area contributed by atoms with Crippen LogP contribution in [-0.4, -0.2) is 0 Å². The van der Waals surface area contributed by atoms with Gasteiger partial charge in [-0.1, -0.05) is 0 Å². The first kappa shape index (κ1) is 13.0. The average Bonchev–Trinajstić information content (AvgIpc) is 3.02. The Hall–Kier alpha value is -2.00. The maximum Gasteiger partial charge on any atom is 0.416 e. The van der Waals surface area contributed by atoms with E-state index in [-0.39, 0.29) is 6.10 Å². The zero-order valence-corrected chi connectivity index (χ0v) is 10.9. The second-order valence-electron chi connectivity index (χ2n) is 4.48. The number of thiophene rings is 1. The Morgan fingerprint density at radius 2 is 2.10 bits per heavy atom. The lowest BCUT2D eigenvalue weighted by Gasteiger charge is -2.08. The summed E-state index contributed by atoms with van der Waals surface area (Å²) in [5, 5.41) is 10.5. The van der Waals surface area contributed by atoms with Gasteiger partial charge in [0.15, 0.2) is 0 Å². The zero-order chi connectivity index (χ0) is 14.3. The van der Waals surface area contributed by atoms with Gasteiger partial charge in [-0.2, -0.15) is 18.4 Å². The molecule has 1 unspecified atom stereocenters. The molecule has 0 N–H and O–H groups in total. The molecule has 2 heterocycles. The number of halogens is 3. The van der Waals surface area contributed by atoms with Crippen molar-refractivity contribution in [2.24, 2.45) is 0 Å². The molecule has 2 nitrogen and oxygen atoms in total. The van der Waals surface area contributed by atoms with Crippen LogP contribution in [0, 0.1) is 11.3 Å². The summed E-state index contributed by atoms with van der Waals surface area (Å²) in [7, 11) is 0. The van der Waals surface area contributed by atoms with Crippen LogP contribution in [0.25, 0.3) is 0 Å². The number of nitrogens with zero attached hydrogens (tertiary/aromatic N) is 1. The number of alkyl halides is 3. The van der Waals surface area contributed by atoms with E-state index < -0.39 is 11.7 Å². The lowest BCUT2D eigenvalue weighted by atomic mass is 10.1. The lowest BCUT2D eigenvalue weighted by Crippen LogP contribution is -2.04. The summed E-state index contributed by atoms with van der Waals surface area (Å²) in [5.74, 6) is 0.481. The van der Waals surface area contributed by atoms with E-state index in [4.69, 9.17) is 10.00 Å². The van der Waals surface area contributed by atoms with Crippen molar-refractivity contribution in [2.45, 2.75) is 18.7 Å². The van der Waals surface area contributed by atoms with Gasteiger partial charge in [-0.15, -0.1) is 11.3 Å². The normalized spacial score (nSPS) is 17.4. The number of hydrogen-bond acceptors (Lipinski definition) is 3. The van der Waals surface area contributed by atoms with Gasteiger partial charge < -0.3 is 4.74 Å². The predicted octanol–water partition coefficient (Wildman–Crippen LogP) is 4.31. The van der Waals surface area contributed by atoms with Crippen LogP contribution in [0.4, 0.5) is 13.2 Å². The first-order valence-electron chi connectivity index (χ1n) is 5.82. The highest BCUT2D eigenvalue weighted by Crippen LogP contribution is 2.41. The number of fused-ring (bicyclic) bond motifs is 1. The van der Waals surface area contributed by atoms with Crippen molar-refractivity contribution in [3.05, 3.63) is 51.2 Å². The van der Waals surface area contributed by atoms with Crippen molar-refractivity contribution in [1.82, 2.24) is 0 Å². The molecule has 6 heteroatoms. The molecule has 0 radical (unpaired) electrons. The summed E-state index contributed by atoms with van der Waals surface area (Å²) in [6.45, 7) is 0. The van der Waals surface area contributed by atoms with Gasteiger partial charge >= 0.3 is 6.18 Å². The standard InChI is InChI=1S/C14H8F3NOS/c15-14(16,17)10-1-2-11-9(4-10)5-12(19-11)13-3-8(6-18)7-20-13/h1-4,7,12H,5H2. The van der Waals surface area contributed by atoms with Crippen LogP contribution in [-0.2, 0) is 12.6 Å². The minimum absolute atomic E-state index is 0.305. The summed E-state index contributed by atoms with van der Waals surface area (Å²) in [5.41, 5.74) is 0.432. The Morgan fingerprint density at radius 3 is 2.75 bits per heavy atom.